The van der Waals surface area contributed by atoms with Crippen molar-refractivity contribution in [1.82, 2.24) is 0 Å². The van der Waals surface area contributed by atoms with Gasteiger partial charge in [0.15, 0.2) is 0 Å². The van der Waals surface area contributed by atoms with Crippen LogP contribution in [0, 0.1) is 0 Å². The molecule has 0 aliphatic carbocycles. The Hall–Kier alpha value is -1.06. The summed E-state index contributed by atoms with van der Waals surface area (Å²) in [5, 5.41) is 12.6. The monoisotopic (exact) mass is 208 g/mol. The third-order valence-corrected chi connectivity index (χ3v) is 3.10. The fourth-order valence-electron chi connectivity index (χ4n) is 1.40. The van der Waals surface area contributed by atoms with Crippen LogP contribution in [0.3, 0.4) is 0 Å². The average molecular weight is 208 g/mol. The van der Waals surface area contributed by atoms with Crippen LogP contribution in [0.4, 0.5) is 0 Å². The van der Waals surface area contributed by atoms with E-state index in [0.29, 0.717) is 12.4 Å². The van der Waals surface area contributed by atoms with Gasteiger partial charge < -0.3 is 9.84 Å². The molecule has 74 valence electrons. The summed E-state index contributed by atoms with van der Waals surface area (Å²) in [5.41, 5.74) is 1.20. The first kappa shape index (κ1) is 9.49. The lowest BCUT2D eigenvalue weighted by atomic mass is 10.2. The van der Waals surface area contributed by atoms with Gasteiger partial charge in [0, 0.05) is 11.3 Å². The van der Waals surface area contributed by atoms with Gasteiger partial charge in [-0.05, 0) is 41.5 Å². The molecule has 0 aliphatic heterocycles. The minimum Gasteiger partial charge on any atom is -0.508 e. The number of thiophene rings is 1. The predicted octanol–water partition coefficient (Wildman–Crippen LogP) is 3.14. The van der Waals surface area contributed by atoms with Crippen molar-refractivity contribution in [2.75, 3.05) is 6.61 Å². The quantitative estimate of drug-likeness (QED) is 0.839. The fourth-order valence-corrected chi connectivity index (χ4v) is 2.37. The number of phenolic OH excluding ortho intramolecular Hbond substituents is 1. The number of ether oxygens (including phenoxy) is 1. The summed E-state index contributed by atoms with van der Waals surface area (Å²) in [7, 11) is 0. The van der Waals surface area contributed by atoms with Crippen molar-refractivity contribution in [3.8, 4) is 5.75 Å². The van der Waals surface area contributed by atoms with Gasteiger partial charge in [0.25, 0.3) is 0 Å². The molecule has 2 aromatic rings. The van der Waals surface area contributed by atoms with Gasteiger partial charge >= 0.3 is 0 Å². The highest BCUT2D eigenvalue weighted by Gasteiger charge is 2.03. The Morgan fingerprint density at radius 1 is 1.43 bits per heavy atom. The van der Waals surface area contributed by atoms with Crippen molar-refractivity contribution in [3.05, 3.63) is 29.1 Å². The van der Waals surface area contributed by atoms with Gasteiger partial charge in [-0.3, -0.25) is 0 Å². The smallest absolute Gasteiger partial charge is 0.117 e. The van der Waals surface area contributed by atoms with E-state index in [2.05, 4.69) is 5.38 Å². The Labute approximate surface area is 86.8 Å². The number of aromatic hydroxyl groups is 1. The van der Waals surface area contributed by atoms with Crippen molar-refractivity contribution in [3.63, 3.8) is 0 Å². The fraction of sp³-hybridized carbons (Fsp3) is 0.273. The van der Waals surface area contributed by atoms with E-state index in [4.69, 9.17) is 4.74 Å². The molecule has 0 aliphatic rings. The van der Waals surface area contributed by atoms with Gasteiger partial charge in [-0.25, -0.2) is 0 Å². The second kappa shape index (κ2) is 3.98. The molecule has 1 N–H and O–H groups in total. The molecule has 0 saturated heterocycles. The number of fused-ring (bicyclic) bond motifs is 1. The number of hydrogen-bond acceptors (Lipinski definition) is 3. The first-order valence-electron chi connectivity index (χ1n) is 4.58. The van der Waals surface area contributed by atoms with Crippen LogP contribution >= 0.6 is 11.3 Å². The molecule has 2 nitrogen and oxygen atoms in total. The van der Waals surface area contributed by atoms with Crippen LogP contribution in [0.1, 0.15) is 12.5 Å². The maximum absolute atomic E-state index is 9.29. The van der Waals surface area contributed by atoms with Crippen LogP contribution in [0.5, 0.6) is 5.75 Å². The minimum absolute atomic E-state index is 0.322. The molecule has 1 aromatic carbocycles. The molecule has 0 atom stereocenters. The minimum atomic E-state index is 0.322. The lowest BCUT2D eigenvalue weighted by Crippen LogP contribution is -1.89. The summed E-state index contributed by atoms with van der Waals surface area (Å²) < 4.78 is 6.47. The molecule has 0 saturated carbocycles. The first-order valence-corrected chi connectivity index (χ1v) is 5.46. The standard InChI is InChI=1S/C11H12O2S/c1-2-13-6-8-7-14-11-5-9(12)3-4-10(8)11/h3-5,7,12H,2,6H2,1H3. The summed E-state index contributed by atoms with van der Waals surface area (Å²) in [4.78, 5) is 0. The van der Waals surface area contributed by atoms with Crippen LogP contribution in [0.25, 0.3) is 10.1 Å². The van der Waals surface area contributed by atoms with E-state index in [1.165, 1.54) is 10.9 Å². The molecule has 3 heteroatoms. The Bertz CT molecular complexity index is 434. The summed E-state index contributed by atoms with van der Waals surface area (Å²) >= 11 is 1.64. The lowest BCUT2D eigenvalue weighted by molar-refractivity contribution is 0.135. The highest BCUT2D eigenvalue weighted by Crippen LogP contribution is 2.29. The maximum atomic E-state index is 9.29. The van der Waals surface area contributed by atoms with Gasteiger partial charge in [-0.15, -0.1) is 11.3 Å². The normalized spacial score (nSPS) is 10.9. The van der Waals surface area contributed by atoms with Crippen molar-refractivity contribution in [1.29, 1.82) is 0 Å². The zero-order valence-corrected chi connectivity index (χ0v) is 8.80. The van der Waals surface area contributed by atoms with Crippen LogP contribution in [0.2, 0.25) is 0 Å². The number of benzene rings is 1. The summed E-state index contributed by atoms with van der Waals surface area (Å²) in [5.74, 6) is 0.322. The molecule has 0 amide bonds. The summed E-state index contributed by atoms with van der Waals surface area (Å²) in [6.45, 7) is 3.37. The van der Waals surface area contributed by atoms with E-state index in [-0.39, 0.29) is 0 Å². The number of phenols is 1. The van der Waals surface area contributed by atoms with Crippen LogP contribution in [-0.2, 0) is 11.3 Å². The molecular weight excluding hydrogens is 196 g/mol. The second-order valence-electron chi connectivity index (χ2n) is 3.08. The molecule has 0 unspecified atom stereocenters. The zero-order valence-electron chi connectivity index (χ0n) is 7.99. The Morgan fingerprint density at radius 2 is 2.29 bits per heavy atom. The average Bonchev–Trinajstić information content (AvgIpc) is 2.57. The van der Waals surface area contributed by atoms with Crippen molar-refractivity contribution in [2.45, 2.75) is 13.5 Å². The molecule has 0 fully saturated rings. The van der Waals surface area contributed by atoms with E-state index in [9.17, 15) is 5.11 Å². The van der Waals surface area contributed by atoms with Crippen LogP contribution < -0.4 is 0 Å². The third-order valence-electron chi connectivity index (χ3n) is 2.10. The highest BCUT2D eigenvalue weighted by molar-refractivity contribution is 7.17. The van der Waals surface area contributed by atoms with Gasteiger partial charge in [-0.1, -0.05) is 0 Å². The zero-order chi connectivity index (χ0) is 9.97. The molecular formula is C11H12O2S. The number of hydrogen-bond donors (Lipinski definition) is 1. The van der Waals surface area contributed by atoms with E-state index in [1.807, 2.05) is 13.0 Å². The largest absolute Gasteiger partial charge is 0.508 e. The first-order chi connectivity index (χ1) is 6.81. The molecule has 14 heavy (non-hydrogen) atoms. The maximum Gasteiger partial charge on any atom is 0.117 e. The molecule has 0 spiro atoms. The van der Waals surface area contributed by atoms with Gasteiger partial charge in [0.2, 0.25) is 0 Å². The third kappa shape index (κ3) is 1.74. The molecule has 1 aromatic heterocycles. The van der Waals surface area contributed by atoms with Gasteiger partial charge in [-0.2, -0.15) is 0 Å². The van der Waals surface area contributed by atoms with Gasteiger partial charge in [0.1, 0.15) is 5.75 Å². The van der Waals surface area contributed by atoms with Crippen LogP contribution in [-0.4, -0.2) is 11.7 Å². The Kier molecular flexibility index (Phi) is 2.70. The van der Waals surface area contributed by atoms with Crippen LogP contribution in [0.15, 0.2) is 23.6 Å². The van der Waals surface area contributed by atoms with Crippen molar-refractivity contribution in [2.24, 2.45) is 0 Å². The van der Waals surface area contributed by atoms with E-state index in [0.717, 1.165) is 11.3 Å². The Balaban J connectivity index is 2.37. The molecule has 2 rings (SSSR count). The molecule has 0 bridgehead atoms. The van der Waals surface area contributed by atoms with Crippen molar-refractivity contribution >= 4 is 21.4 Å². The lowest BCUT2D eigenvalue weighted by Gasteiger charge is -1.99. The van der Waals surface area contributed by atoms with Crippen molar-refractivity contribution < 1.29 is 9.84 Å². The van der Waals surface area contributed by atoms with E-state index in [1.54, 1.807) is 23.5 Å². The summed E-state index contributed by atoms with van der Waals surface area (Å²) in [6, 6.07) is 5.44. The van der Waals surface area contributed by atoms with E-state index < -0.39 is 0 Å². The predicted molar refractivity (Wildman–Crippen MR) is 58.8 cm³/mol. The highest BCUT2D eigenvalue weighted by atomic mass is 32.1. The number of rotatable bonds is 3. The molecule has 1 heterocycles. The second-order valence-corrected chi connectivity index (χ2v) is 3.99. The van der Waals surface area contributed by atoms with Gasteiger partial charge in [0.05, 0.1) is 6.61 Å². The topological polar surface area (TPSA) is 29.5 Å². The Morgan fingerprint density at radius 3 is 3.07 bits per heavy atom. The molecule has 0 radical (unpaired) electrons. The SMILES string of the molecule is CCOCc1csc2cc(O)ccc12. The summed E-state index contributed by atoms with van der Waals surface area (Å²) in [6.07, 6.45) is 0. The van der Waals surface area contributed by atoms with E-state index >= 15 is 0 Å².